The highest BCUT2D eigenvalue weighted by atomic mass is 35.5. The van der Waals surface area contributed by atoms with E-state index in [1.54, 1.807) is 12.1 Å². The molecule has 34 heavy (non-hydrogen) atoms. The molecule has 0 saturated heterocycles. The Bertz CT molecular complexity index is 1310. The fraction of sp³-hybridized carbons (Fsp3) is 0.179. The predicted molar refractivity (Wildman–Crippen MR) is 135 cm³/mol. The molecule has 1 fully saturated rings. The minimum Gasteiger partial charge on any atom is -0.478 e. The summed E-state index contributed by atoms with van der Waals surface area (Å²) in [5, 5.41) is 9.35. The van der Waals surface area contributed by atoms with Crippen LogP contribution in [0.4, 0.5) is 10.1 Å². The highest BCUT2D eigenvalue weighted by Crippen LogP contribution is 2.47. The van der Waals surface area contributed by atoms with Crippen LogP contribution >= 0.6 is 11.6 Å². The van der Waals surface area contributed by atoms with Gasteiger partial charge in [-0.1, -0.05) is 54.4 Å². The van der Waals surface area contributed by atoms with Gasteiger partial charge in [-0.2, -0.15) is 0 Å². The van der Waals surface area contributed by atoms with Gasteiger partial charge in [0.25, 0.3) is 0 Å². The maximum atomic E-state index is 13.9. The fourth-order valence-corrected chi connectivity index (χ4v) is 4.89. The highest BCUT2D eigenvalue weighted by molar-refractivity contribution is 6.32. The summed E-state index contributed by atoms with van der Waals surface area (Å²) in [6.07, 6.45) is 5.97. The van der Waals surface area contributed by atoms with Gasteiger partial charge >= 0.3 is 5.97 Å². The molecule has 0 amide bonds. The molecule has 0 bridgehead atoms. The number of allylic oxidation sites excluding steroid dienone is 1. The van der Waals surface area contributed by atoms with E-state index in [-0.39, 0.29) is 5.82 Å². The number of nitrogens with one attached hydrogen (secondary N) is 2. The number of carbonyl (C=O) groups is 1. The number of rotatable bonds is 6. The van der Waals surface area contributed by atoms with Crippen LogP contribution in [0.25, 0.3) is 17.2 Å². The Balaban J connectivity index is 1.72. The van der Waals surface area contributed by atoms with Crippen LogP contribution in [0.15, 0.2) is 66.7 Å². The molecule has 172 valence electrons. The van der Waals surface area contributed by atoms with Gasteiger partial charge in [-0.3, -0.25) is 0 Å². The number of benzene rings is 3. The first-order valence-corrected chi connectivity index (χ1v) is 11.7. The Hall–Kier alpha value is -3.41. The lowest BCUT2D eigenvalue weighted by Crippen LogP contribution is -2.15. The molecule has 5 rings (SSSR count). The van der Waals surface area contributed by atoms with Crippen molar-refractivity contribution in [2.24, 2.45) is 5.92 Å². The monoisotopic (exact) mass is 474 g/mol. The Kier molecular flexibility index (Phi) is 6.22. The van der Waals surface area contributed by atoms with Gasteiger partial charge in [0.05, 0.1) is 10.7 Å². The summed E-state index contributed by atoms with van der Waals surface area (Å²) >= 11 is 6.60. The Labute approximate surface area is 202 Å². The van der Waals surface area contributed by atoms with Crippen LogP contribution in [-0.4, -0.2) is 11.1 Å². The molecule has 6 heteroatoms. The standard InChI is InChI=1S/C28H24ClFN2O2/c29-24-15-22(30)10-11-23(24)28(18-2-1-3-18)27(20-9-12-25-21(14-20)16-31-32-25)19-7-4-17(5-8-19)6-13-26(33)34/h4-15,18,31-32H,1-3,16H2,(H,33,34)/b13-6+,28-27+. The molecule has 0 radical (unpaired) electrons. The molecule has 0 spiro atoms. The quantitative estimate of drug-likeness (QED) is 0.272. The number of carboxylic acids is 1. The zero-order valence-corrected chi connectivity index (χ0v) is 19.2. The third kappa shape index (κ3) is 4.49. The Morgan fingerprint density at radius 3 is 2.47 bits per heavy atom. The average Bonchev–Trinajstić information content (AvgIpc) is 3.25. The molecule has 1 aliphatic heterocycles. The van der Waals surface area contributed by atoms with Crippen molar-refractivity contribution in [1.82, 2.24) is 5.43 Å². The van der Waals surface area contributed by atoms with Crippen molar-refractivity contribution in [2.45, 2.75) is 25.8 Å². The Morgan fingerprint density at radius 2 is 1.79 bits per heavy atom. The van der Waals surface area contributed by atoms with E-state index in [2.05, 4.69) is 29.1 Å². The fourth-order valence-electron chi connectivity index (χ4n) is 4.62. The van der Waals surface area contributed by atoms with Gasteiger partial charge in [0.15, 0.2) is 0 Å². The molecule has 3 aromatic rings. The molecular weight excluding hydrogens is 451 g/mol. The maximum Gasteiger partial charge on any atom is 0.328 e. The van der Waals surface area contributed by atoms with Crippen LogP contribution in [0, 0.1) is 11.7 Å². The van der Waals surface area contributed by atoms with Gasteiger partial charge in [-0.15, -0.1) is 0 Å². The molecule has 0 unspecified atom stereocenters. The first-order valence-electron chi connectivity index (χ1n) is 11.3. The van der Waals surface area contributed by atoms with E-state index in [0.29, 0.717) is 10.9 Å². The molecule has 3 N–H and O–H groups in total. The van der Waals surface area contributed by atoms with E-state index < -0.39 is 5.97 Å². The van der Waals surface area contributed by atoms with E-state index in [4.69, 9.17) is 16.7 Å². The van der Waals surface area contributed by atoms with Crippen molar-refractivity contribution in [1.29, 1.82) is 0 Å². The van der Waals surface area contributed by atoms with Gasteiger partial charge in [0, 0.05) is 12.6 Å². The average molecular weight is 475 g/mol. The second kappa shape index (κ2) is 9.45. The molecule has 2 aliphatic rings. The lowest BCUT2D eigenvalue weighted by Gasteiger charge is -2.32. The molecule has 1 heterocycles. The number of fused-ring (bicyclic) bond motifs is 1. The number of halogens is 2. The molecule has 0 atom stereocenters. The van der Waals surface area contributed by atoms with Gasteiger partial charge < -0.3 is 10.5 Å². The number of anilines is 1. The largest absolute Gasteiger partial charge is 0.478 e. The molecular formula is C28H24ClFN2O2. The zero-order chi connectivity index (χ0) is 23.7. The minimum absolute atomic E-state index is 0.328. The first kappa shape index (κ1) is 22.4. The van der Waals surface area contributed by atoms with E-state index in [0.717, 1.165) is 71.0 Å². The maximum absolute atomic E-state index is 13.9. The summed E-state index contributed by atoms with van der Waals surface area (Å²) in [7, 11) is 0. The molecule has 3 aromatic carbocycles. The summed E-state index contributed by atoms with van der Waals surface area (Å²) in [6.45, 7) is 0.728. The van der Waals surface area contributed by atoms with E-state index in [1.807, 2.05) is 24.3 Å². The van der Waals surface area contributed by atoms with E-state index in [1.165, 1.54) is 17.7 Å². The number of hydrazine groups is 1. The second-order valence-corrected chi connectivity index (χ2v) is 9.09. The minimum atomic E-state index is -0.983. The van der Waals surface area contributed by atoms with E-state index in [9.17, 15) is 9.18 Å². The first-order chi connectivity index (χ1) is 16.5. The van der Waals surface area contributed by atoms with Gasteiger partial charge in [-0.25, -0.2) is 14.6 Å². The summed E-state index contributed by atoms with van der Waals surface area (Å²) < 4.78 is 13.9. The molecule has 4 nitrogen and oxygen atoms in total. The molecule has 1 saturated carbocycles. The smallest absolute Gasteiger partial charge is 0.328 e. The van der Waals surface area contributed by atoms with Gasteiger partial charge in [0.1, 0.15) is 5.82 Å². The summed E-state index contributed by atoms with van der Waals surface area (Å²) in [4.78, 5) is 10.9. The third-order valence-corrected chi connectivity index (χ3v) is 6.83. The van der Waals surface area contributed by atoms with Gasteiger partial charge in [-0.05, 0) is 88.1 Å². The van der Waals surface area contributed by atoms with Crippen molar-refractivity contribution >= 4 is 40.5 Å². The number of hydrogen-bond donors (Lipinski definition) is 3. The van der Waals surface area contributed by atoms with Crippen LogP contribution < -0.4 is 10.9 Å². The topological polar surface area (TPSA) is 61.4 Å². The van der Waals surface area contributed by atoms with Crippen molar-refractivity contribution in [3.63, 3.8) is 0 Å². The van der Waals surface area contributed by atoms with Crippen LogP contribution in [0.2, 0.25) is 5.02 Å². The molecule has 0 aromatic heterocycles. The van der Waals surface area contributed by atoms with Crippen molar-refractivity contribution in [2.75, 3.05) is 5.43 Å². The zero-order valence-electron chi connectivity index (χ0n) is 18.4. The highest BCUT2D eigenvalue weighted by Gasteiger charge is 2.29. The summed E-state index contributed by atoms with van der Waals surface area (Å²) in [6, 6.07) is 18.8. The van der Waals surface area contributed by atoms with Gasteiger partial charge in [0.2, 0.25) is 0 Å². The molecule has 1 aliphatic carbocycles. The normalized spacial score (nSPS) is 16.1. The van der Waals surface area contributed by atoms with Crippen LogP contribution in [0.1, 0.15) is 47.1 Å². The number of aliphatic carboxylic acids is 1. The lowest BCUT2D eigenvalue weighted by molar-refractivity contribution is -0.131. The third-order valence-electron chi connectivity index (χ3n) is 6.52. The van der Waals surface area contributed by atoms with Crippen LogP contribution in [0.3, 0.4) is 0 Å². The number of carboxylic acid groups (broad SMARTS) is 1. The lowest BCUT2D eigenvalue weighted by atomic mass is 9.73. The van der Waals surface area contributed by atoms with Crippen LogP contribution in [-0.2, 0) is 11.3 Å². The van der Waals surface area contributed by atoms with Crippen molar-refractivity contribution in [3.05, 3.63) is 105 Å². The SMILES string of the molecule is O=C(O)/C=C/c1ccc(/C(=C(\c2ccc(F)cc2Cl)C2CCC2)c2ccc3c(c2)CNN3)cc1. The number of hydrogen-bond acceptors (Lipinski definition) is 3. The Morgan fingerprint density at radius 1 is 1.03 bits per heavy atom. The predicted octanol–water partition coefficient (Wildman–Crippen LogP) is 6.77. The van der Waals surface area contributed by atoms with E-state index >= 15 is 0 Å². The second-order valence-electron chi connectivity index (χ2n) is 8.68. The van der Waals surface area contributed by atoms with Crippen molar-refractivity contribution < 1.29 is 14.3 Å². The van der Waals surface area contributed by atoms with Crippen LogP contribution in [0.5, 0.6) is 0 Å². The van der Waals surface area contributed by atoms with Crippen molar-refractivity contribution in [3.8, 4) is 0 Å². The summed E-state index contributed by atoms with van der Waals surface area (Å²) in [5.74, 6) is -1.01. The summed E-state index contributed by atoms with van der Waals surface area (Å²) in [5.41, 5.74) is 14.5.